The zero-order chi connectivity index (χ0) is 24.0. The minimum absolute atomic E-state index is 0.259. The molecule has 0 aliphatic carbocycles. The van der Waals surface area contributed by atoms with Gasteiger partial charge in [0.1, 0.15) is 0 Å². The average molecular weight is 469 g/mol. The monoisotopic (exact) mass is 468 g/mol. The summed E-state index contributed by atoms with van der Waals surface area (Å²) in [5.41, 5.74) is 4.75. The average Bonchev–Trinajstić information content (AvgIpc) is 3.31. The second kappa shape index (κ2) is 11.2. The van der Waals surface area contributed by atoms with Gasteiger partial charge in [-0.3, -0.25) is 4.90 Å². The molecule has 3 aromatic rings. The third-order valence-electron chi connectivity index (χ3n) is 7.85. The largest absolute Gasteiger partial charge is 0.465 e. The van der Waals surface area contributed by atoms with Crippen LogP contribution in [0.3, 0.4) is 0 Å². The smallest absolute Gasteiger partial charge is 0.337 e. The van der Waals surface area contributed by atoms with Crippen molar-refractivity contribution in [1.82, 2.24) is 9.80 Å². The summed E-state index contributed by atoms with van der Waals surface area (Å²) in [6.45, 7) is 6.50. The highest BCUT2D eigenvalue weighted by molar-refractivity contribution is 5.89. The van der Waals surface area contributed by atoms with Crippen molar-refractivity contribution in [1.29, 1.82) is 0 Å². The lowest BCUT2D eigenvalue weighted by atomic mass is 9.86. The Balaban J connectivity index is 1.29. The molecule has 35 heavy (non-hydrogen) atoms. The third kappa shape index (κ3) is 5.83. The normalized spacial score (nSPS) is 21.7. The molecule has 0 amide bonds. The number of rotatable bonds is 7. The van der Waals surface area contributed by atoms with Crippen molar-refractivity contribution in [2.45, 2.75) is 31.2 Å². The number of carbonyl (C=O) groups excluding carboxylic acids is 1. The van der Waals surface area contributed by atoms with E-state index in [1.165, 1.54) is 36.6 Å². The Morgan fingerprint density at radius 1 is 0.829 bits per heavy atom. The number of ether oxygens (including phenoxy) is 1. The van der Waals surface area contributed by atoms with Crippen LogP contribution in [0.15, 0.2) is 84.9 Å². The van der Waals surface area contributed by atoms with Crippen LogP contribution >= 0.6 is 0 Å². The fourth-order valence-electron chi connectivity index (χ4n) is 6.01. The lowest BCUT2D eigenvalue weighted by molar-refractivity contribution is 0.0600. The van der Waals surface area contributed by atoms with Gasteiger partial charge in [0.25, 0.3) is 0 Å². The number of piperidine rings is 1. The predicted molar refractivity (Wildman–Crippen MR) is 141 cm³/mol. The van der Waals surface area contributed by atoms with Gasteiger partial charge in [-0.05, 0) is 66.6 Å². The molecule has 2 aliphatic rings. The zero-order valence-corrected chi connectivity index (χ0v) is 20.7. The molecule has 2 fully saturated rings. The summed E-state index contributed by atoms with van der Waals surface area (Å²) in [4.78, 5) is 17.5. The van der Waals surface area contributed by atoms with Crippen molar-refractivity contribution in [2.75, 3.05) is 39.8 Å². The molecular formula is C31H36N2O2. The molecule has 0 radical (unpaired) electrons. The van der Waals surface area contributed by atoms with Gasteiger partial charge in [0.2, 0.25) is 0 Å². The maximum Gasteiger partial charge on any atom is 0.337 e. The van der Waals surface area contributed by atoms with E-state index in [0.717, 1.165) is 39.3 Å². The summed E-state index contributed by atoms with van der Waals surface area (Å²) in [6.07, 6.45) is 2.46. The molecule has 4 nitrogen and oxygen atoms in total. The van der Waals surface area contributed by atoms with E-state index in [1.807, 2.05) is 12.1 Å². The number of hydrogen-bond acceptors (Lipinski definition) is 4. The molecule has 3 aromatic carbocycles. The maximum atomic E-state index is 12.2. The number of nitrogens with zero attached hydrogens (tertiary/aromatic N) is 2. The highest BCUT2D eigenvalue weighted by atomic mass is 16.5. The van der Waals surface area contributed by atoms with Crippen LogP contribution in [0.5, 0.6) is 0 Å². The van der Waals surface area contributed by atoms with Gasteiger partial charge in [-0.1, -0.05) is 72.8 Å². The van der Waals surface area contributed by atoms with Gasteiger partial charge < -0.3 is 9.64 Å². The Morgan fingerprint density at radius 3 is 2.23 bits per heavy atom. The first kappa shape index (κ1) is 23.8. The highest BCUT2D eigenvalue weighted by Crippen LogP contribution is 2.36. The Morgan fingerprint density at radius 2 is 1.51 bits per heavy atom. The number of benzene rings is 3. The molecule has 1 unspecified atom stereocenters. The zero-order valence-electron chi connectivity index (χ0n) is 20.7. The topological polar surface area (TPSA) is 32.8 Å². The Bertz CT molecular complexity index is 1090. The quantitative estimate of drug-likeness (QED) is 0.425. The predicted octanol–water partition coefficient (Wildman–Crippen LogP) is 5.57. The molecule has 0 saturated carbocycles. The Kier molecular flexibility index (Phi) is 7.60. The molecule has 2 heterocycles. The van der Waals surface area contributed by atoms with Crippen LogP contribution < -0.4 is 0 Å². The molecule has 5 rings (SSSR count). The lowest BCUT2D eigenvalue weighted by Crippen LogP contribution is -2.38. The van der Waals surface area contributed by atoms with E-state index in [4.69, 9.17) is 4.74 Å². The van der Waals surface area contributed by atoms with E-state index in [0.29, 0.717) is 23.3 Å². The third-order valence-corrected chi connectivity index (χ3v) is 7.85. The minimum Gasteiger partial charge on any atom is -0.465 e. The standard InChI is InChI=1S/C31H36N2O2/c1-35-31(34)28-14-8-13-27(19-28)30-23-33(20-24-9-4-2-5-10-24)22-29(30)21-32-17-15-26(16-18-32)25-11-6-3-7-12-25/h2-14,19,26,29-30H,15-18,20-23H2,1H3/t29?,30-/m1/s1. The summed E-state index contributed by atoms with van der Waals surface area (Å²) in [6, 6.07) is 29.9. The van der Waals surface area contributed by atoms with Gasteiger partial charge in [0.15, 0.2) is 0 Å². The maximum absolute atomic E-state index is 12.2. The summed E-state index contributed by atoms with van der Waals surface area (Å²) < 4.78 is 4.99. The first-order valence-corrected chi connectivity index (χ1v) is 12.9. The van der Waals surface area contributed by atoms with E-state index in [9.17, 15) is 4.79 Å². The molecular weight excluding hydrogens is 432 g/mol. The summed E-state index contributed by atoms with van der Waals surface area (Å²) in [5, 5.41) is 0. The number of esters is 1. The van der Waals surface area contributed by atoms with Crippen molar-refractivity contribution in [3.63, 3.8) is 0 Å². The molecule has 0 aromatic heterocycles. The number of likely N-dealkylation sites (tertiary alicyclic amines) is 2. The van der Waals surface area contributed by atoms with Crippen molar-refractivity contribution in [3.8, 4) is 0 Å². The molecule has 0 N–H and O–H groups in total. The molecule has 182 valence electrons. The van der Waals surface area contributed by atoms with Crippen LogP contribution in [0.1, 0.15) is 51.7 Å². The van der Waals surface area contributed by atoms with Crippen molar-refractivity contribution in [2.24, 2.45) is 5.92 Å². The van der Waals surface area contributed by atoms with E-state index in [1.54, 1.807) is 0 Å². The van der Waals surface area contributed by atoms with E-state index in [2.05, 4.69) is 82.6 Å². The van der Waals surface area contributed by atoms with E-state index in [-0.39, 0.29) is 5.97 Å². The van der Waals surface area contributed by atoms with Crippen LogP contribution in [0.2, 0.25) is 0 Å². The summed E-state index contributed by atoms with van der Waals surface area (Å²) in [7, 11) is 1.45. The van der Waals surface area contributed by atoms with Gasteiger partial charge in [0, 0.05) is 32.1 Å². The van der Waals surface area contributed by atoms with Gasteiger partial charge in [0.05, 0.1) is 12.7 Å². The Labute approximate surface area is 209 Å². The first-order valence-electron chi connectivity index (χ1n) is 12.9. The van der Waals surface area contributed by atoms with Crippen molar-refractivity contribution in [3.05, 3.63) is 107 Å². The highest BCUT2D eigenvalue weighted by Gasteiger charge is 2.36. The van der Waals surface area contributed by atoms with Crippen molar-refractivity contribution >= 4 is 5.97 Å². The second-order valence-corrected chi connectivity index (χ2v) is 10.1. The molecule has 2 atom stereocenters. The van der Waals surface area contributed by atoms with Crippen LogP contribution in [0.25, 0.3) is 0 Å². The fraction of sp³-hybridized carbons (Fsp3) is 0.387. The summed E-state index contributed by atoms with van der Waals surface area (Å²) in [5.74, 6) is 1.37. The van der Waals surface area contributed by atoms with Gasteiger partial charge >= 0.3 is 5.97 Å². The van der Waals surface area contributed by atoms with Crippen LogP contribution in [0.4, 0.5) is 0 Å². The SMILES string of the molecule is COC(=O)c1cccc([C@H]2CN(Cc3ccccc3)CC2CN2CCC(c3ccccc3)CC2)c1. The fourth-order valence-corrected chi connectivity index (χ4v) is 6.01. The number of carbonyl (C=O) groups is 1. The first-order chi connectivity index (χ1) is 17.2. The lowest BCUT2D eigenvalue weighted by Gasteiger charge is -2.35. The van der Waals surface area contributed by atoms with Crippen molar-refractivity contribution < 1.29 is 9.53 Å². The Hall–Kier alpha value is -2.95. The molecule has 0 bridgehead atoms. The molecule has 2 saturated heterocycles. The summed E-state index contributed by atoms with van der Waals surface area (Å²) >= 11 is 0. The second-order valence-electron chi connectivity index (χ2n) is 10.1. The van der Waals surface area contributed by atoms with Gasteiger partial charge in [-0.2, -0.15) is 0 Å². The van der Waals surface area contributed by atoms with Crippen LogP contribution in [-0.4, -0.2) is 55.6 Å². The molecule has 2 aliphatic heterocycles. The van der Waals surface area contributed by atoms with E-state index >= 15 is 0 Å². The molecule has 4 heteroatoms. The molecule has 0 spiro atoms. The number of hydrogen-bond donors (Lipinski definition) is 0. The van der Waals surface area contributed by atoms with Gasteiger partial charge in [-0.25, -0.2) is 4.79 Å². The van der Waals surface area contributed by atoms with Gasteiger partial charge in [-0.15, -0.1) is 0 Å². The van der Waals surface area contributed by atoms with Crippen LogP contribution in [-0.2, 0) is 11.3 Å². The minimum atomic E-state index is -0.259. The number of methoxy groups -OCH3 is 1. The van der Waals surface area contributed by atoms with Crippen LogP contribution in [0, 0.1) is 5.92 Å². The van der Waals surface area contributed by atoms with E-state index < -0.39 is 0 Å².